The molecule has 0 aliphatic carbocycles. The van der Waals surface area contributed by atoms with Gasteiger partial charge in [0, 0.05) is 23.1 Å². The highest BCUT2D eigenvalue weighted by Crippen LogP contribution is 2.47. The number of fused-ring (bicyclic) bond motifs is 3. The van der Waals surface area contributed by atoms with E-state index >= 15 is 0 Å². The van der Waals surface area contributed by atoms with Gasteiger partial charge in [-0.3, -0.25) is 4.99 Å². The maximum absolute atomic E-state index is 6.30. The summed E-state index contributed by atoms with van der Waals surface area (Å²) in [5.74, 6) is 1.77. The van der Waals surface area contributed by atoms with Gasteiger partial charge in [0.2, 0.25) is 0 Å². The van der Waals surface area contributed by atoms with Gasteiger partial charge < -0.3 is 9.47 Å². The van der Waals surface area contributed by atoms with Crippen LogP contribution in [0.4, 0.5) is 0 Å². The maximum atomic E-state index is 6.30. The number of hydrogen-bond donors (Lipinski definition) is 0. The fourth-order valence-corrected chi connectivity index (χ4v) is 4.14. The van der Waals surface area contributed by atoms with Gasteiger partial charge in [-0.25, -0.2) is 0 Å². The quantitative estimate of drug-likeness (QED) is 0.708. The summed E-state index contributed by atoms with van der Waals surface area (Å²) in [6, 6.07) is 12.7. The lowest BCUT2D eigenvalue weighted by Crippen LogP contribution is -2.30. The van der Waals surface area contributed by atoms with Gasteiger partial charge in [-0.15, -0.1) is 12.4 Å². The minimum atomic E-state index is -0.224. The molecule has 0 saturated carbocycles. The van der Waals surface area contributed by atoms with E-state index in [1.54, 1.807) is 0 Å². The topological polar surface area (TPSA) is 30.8 Å². The Kier molecular flexibility index (Phi) is 5.02. The average molecular weight is 386 g/mol. The molecule has 0 radical (unpaired) electrons. The fraction of sp³-hybridized carbons (Fsp3) is 0.435. The lowest BCUT2D eigenvalue weighted by molar-refractivity contribution is 0.132. The normalized spacial score (nSPS) is 18.5. The van der Waals surface area contributed by atoms with Gasteiger partial charge in [-0.1, -0.05) is 30.3 Å². The number of halogens is 1. The minimum absolute atomic E-state index is 0. The van der Waals surface area contributed by atoms with Gasteiger partial charge in [0.1, 0.15) is 5.60 Å². The molecule has 3 nitrogen and oxygen atoms in total. The van der Waals surface area contributed by atoms with Crippen LogP contribution in [0.1, 0.15) is 56.9 Å². The first kappa shape index (κ1) is 19.8. The van der Waals surface area contributed by atoms with E-state index in [0.29, 0.717) is 6.61 Å². The number of ether oxygens (including phenoxy) is 2. The zero-order valence-electron chi connectivity index (χ0n) is 16.8. The molecule has 0 saturated heterocycles. The zero-order chi connectivity index (χ0) is 18.5. The molecule has 0 spiro atoms. The van der Waals surface area contributed by atoms with Crippen molar-refractivity contribution in [1.29, 1.82) is 0 Å². The van der Waals surface area contributed by atoms with Gasteiger partial charge in [-0.2, -0.15) is 0 Å². The lowest BCUT2D eigenvalue weighted by atomic mass is 9.81. The van der Waals surface area contributed by atoms with Crippen molar-refractivity contribution in [3.63, 3.8) is 0 Å². The van der Waals surface area contributed by atoms with Crippen molar-refractivity contribution in [3.05, 3.63) is 58.7 Å². The summed E-state index contributed by atoms with van der Waals surface area (Å²) in [6.07, 6.45) is 1.78. The van der Waals surface area contributed by atoms with Gasteiger partial charge in [0.05, 0.1) is 17.9 Å². The monoisotopic (exact) mass is 385 g/mol. The molecule has 0 atom stereocenters. The third-order valence-corrected chi connectivity index (χ3v) is 5.03. The molecule has 2 heterocycles. The van der Waals surface area contributed by atoms with Gasteiger partial charge in [0.25, 0.3) is 0 Å². The number of nitrogens with zero attached hydrogens (tertiary/aromatic N) is 1. The molecule has 0 unspecified atom stereocenters. The third kappa shape index (κ3) is 3.58. The molecule has 0 bridgehead atoms. The molecule has 2 aromatic rings. The summed E-state index contributed by atoms with van der Waals surface area (Å²) in [4.78, 5) is 5.15. The molecule has 2 aliphatic rings. The van der Waals surface area contributed by atoms with Crippen molar-refractivity contribution in [2.24, 2.45) is 4.99 Å². The molecule has 144 valence electrons. The summed E-state index contributed by atoms with van der Waals surface area (Å²) in [5.41, 5.74) is 5.69. The highest BCUT2D eigenvalue weighted by molar-refractivity contribution is 6.16. The summed E-state index contributed by atoms with van der Waals surface area (Å²) in [5, 5.41) is 0. The molecular formula is C23H28ClNO2. The second kappa shape index (κ2) is 6.87. The van der Waals surface area contributed by atoms with Crippen LogP contribution in [0, 0.1) is 0 Å². The number of hydrogen-bond acceptors (Lipinski definition) is 3. The molecule has 0 amide bonds. The zero-order valence-corrected chi connectivity index (χ0v) is 17.6. The largest absolute Gasteiger partial charge is 0.490 e. The van der Waals surface area contributed by atoms with Crippen LogP contribution in [0.2, 0.25) is 0 Å². The van der Waals surface area contributed by atoms with Gasteiger partial charge >= 0.3 is 0 Å². The third-order valence-electron chi connectivity index (χ3n) is 5.03. The molecule has 0 aromatic heterocycles. The van der Waals surface area contributed by atoms with Crippen molar-refractivity contribution in [3.8, 4) is 11.5 Å². The van der Waals surface area contributed by atoms with Crippen molar-refractivity contribution in [1.82, 2.24) is 0 Å². The van der Waals surface area contributed by atoms with Crippen molar-refractivity contribution in [2.45, 2.75) is 58.6 Å². The van der Waals surface area contributed by atoms with E-state index < -0.39 is 0 Å². The maximum Gasteiger partial charge on any atom is 0.166 e. The first-order valence-electron chi connectivity index (χ1n) is 9.46. The van der Waals surface area contributed by atoms with Gasteiger partial charge in [0.15, 0.2) is 11.5 Å². The van der Waals surface area contributed by atoms with Crippen LogP contribution in [-0.2, 0) is 12.8 Å². The van der Waals surface area contributed by atoms with E-state index in [4.69, 9.17) is 14.5 Å². The molecule has 27 heavy (non-hydrogen) atoms. The van der Waals surface area contributed by atoms with E-state index in [0.717, 1.165) is 35.6 Å². The predicted octanol–water partition coefficient (Wildman–Crippen LogP) is 5.39. The smallest absolute Gasteiger partial charge is 0.166 e. The Balaban J connectivity index is 0.00000210. The van der Waals surface area contributed by atoms with Crippen molar-refractivity contribution < 1.29 is 9.47 Å². The second-order valence-electron chi connectivity index (χ2n) is 8.50. The first-order chi connectivity index (χ1) is 12.3. The lowest BCUT2D eigenvalue weighted by Gasteiger charge is -2.31. The molecule has 4 rings (SSSR count). The molecule has 0 fully saturated rings. The van der Waals surface area contributed by atoms with Crippen molar-refractivity contribution in [2.75, 3.05) is 6.61 Å². The Hall–Kier alpha value is -2.00. The molecular weight excluding hydrogens is 358 g/mol. The van der Waals surface area contributed by atoms with Crippen LogP contribution in [-0.4, -0.2) is 23.5 Å². The van der Waals surface area contributed by atoms with E-state index in [-0.39, 0.29) is 23.5 Å². The summed E-state index contributed by atoms with van der Waals surface area (Å²) >= 11 is 0. The Morgan fingerprint density at radius 2 is 1.78 bits per heavy atom. The Bertz CT molecular complexity index is 885. The standard InChI is InChI=1S/C23H27NO2.ClH/c1-6-25-18-12-16-13-22(2,3)24-20(15-10-8-7-9-11-15)19(16)17-14-23(4,5)26-21(17)18;/h7-12H,6,13-14H2,1-5H3;1H. The highest BCUT2D eigenvalue weighted by Gasteiger charge is 2.39. The van der Waals surface area contributed by atoms with Gasteiger partial charge in [-0.05, 0) is 52.7 Å². The molecule has 0 N–H and O–H groups in total. The first-order valence-corrected chi connectivity index (χ1v) is 9.46. The Morgan fingerprint density at radius 3 is 2.44 bits per heavy atom. The summed E-state index contributed by atoms with van der Waals surface area (Å²) in [7, 11) is 0. The van der Waals surface area contributed by atoms with Crippen LogP contribution in [0.3, 0.4) is 0 Å². The number of aliphatic imine (C=N–C) groups is 1. The average Bonchev–Trinajstić information content (AvgIpc) is 2.89. The van der Waals surface area contributed by atoms with E-state index in [1.165, 1.54) is 16.7 Å². The number of rotatable bonds is 3. The Labute approximate surface area is 168 Å². The summed E-state index contributed by atoms with van der Waals surface area (Å²) < 4.78 is 12.3. The van der Waals surface area contributed by atoms with E-state index in [9.17, 15) is 0 Å². The van der Waals surface area contributed by atoms with Crippen molar-refractivity contribution >= 4 is 18.1 Å². The van der Waals surface area contributed by atoms with Crippen LogP contribution in [0.15, 0.2) is 41.4 Å². The molecule has 2 aromatic carbocycles. The van der Waals surface area contributed by atoms with E-state index in [2.05, 4.69) is 58.0 Å². The molecule has 4 heteroatoms. The van der Waals surface area contributed by atoms with Crippen LogP contribution in [0.25, 0.3) is 0 Å². The van der Waals surface area contributed by atoms with Crippen LogP contribution < -0.4 is 9.47 Å². The number of benzene rings is 2. The van der Waals surface area contributed by atoms with Crippen LogP contribution in [0.5, 0.6) is 11.5 Å². The van der Waals surface area contributed by atoms with Crippen LogP contribution >= 0.6 is 12.4 Å². The van der Waals surface area contributed by atoms with E-state index in [1.807, 2.05) is 13.0 Å². The SMILES string of the molecule is CCOc1cc2c(c3c1OC(C)(C)C3)C(c1ccccc1)=NC(C)(C)C2.Cl. The second-order valence-corrected chi connectivity index (χ2v) is 8.50. The highest BCUT2D eigenvalue weighted by atomic mass is 35.5. The Morgan fingerprint density at radius 1 is 1.07 bits per heavy atom. The summed E-state index contributed by atoms with van der Waals surface area (Å²) in [6.45, 7) is 11.3. The molecule has 2 aliphatic heterocycles. The fourth-order valence-electron chi connectivity index (χ4n) is 4.14. The predicted molar refractivity (Wildman–Crippen MR) is 113 cm³/mol. The minimum Gasteiger partial charge on any atom is -0.490 e.